The van der Waals surface area contributed by atoms with Crippen molar-refractivity contribution < 1.29 is 0 Å². The van der Waals surface area contributed by atoms with Crippen LogP contribution in [-0.2, 0) is 0 Å². The van der Waals surface area contributed by atoms with Gasteiger partial charge in [-0.3, -0.25) is 0 Å². The van der Waals surface area contributed by atoms with Gasteiger partial charge in [-0.1, -0.05) is 0 Å². The van der Waals surface area contributed by atoms with Gasteiger partial charge in [0.1, 0.15) is 17.5 Å². The average Bonchev–Trinajstić information content (AvgIpc) is 2.43. The van der Waals surface area contributed by atoms with Gasteiger partial charge < -0.3 is 11.1 Å². The molecule has 0 unspecified atom stereocenters. The van der Waals surface area contributed by atoms with Gasteiger partial charge in [0.25, 0.3) is 0 Å². The molecule has 5 heteroatoms. The van der Waals surface area contributed by atoms with Crippen LogP contribution in [0.2, 0.25) is 0 Å². The number of nitrogens with one attached hydrogen (secondary N) is 1. The molecule has 1 heterocycles. The minimum Gasteiger partial charge on any atom is -0.383 e. The van der Waals surface area contributed by atoms with E-state index in [4.69, 9.17) is 11.0 Å². The SMILES string of the molecule is CCNc1nn(C(C)C)c(N)c1C#N. The summed E-state index contributed by atoms with van der Waals surface area (Å²) in [6.45, 7) is 6.62. The summed E-state index contributed by atoms with van der Waals surface area (Å²) in [5, 5.41) is 16.1. The van der Waals surface area contributed by atoms with E-state index in [0.29, 0.717) is 17.2 Å². The molecule has 0 fully saturated rings. The molecule has 76 valence electrons. The Balaban J connectivity index is 3.19. The lowest BCUT2D eigenvalue weighted by molar-refractivity contribution is 0.542. The van der Waals surface area contributed by atoms with Crippen LogP contribution in [0.5, 0.6) is 0 Å². The molecule has 0 amide bonds. The number of rotatable bonds is 3. The van der Waals surface area contributed by atoms with Crippen LogP contribution in [0.1, 0.15) is 32.4 Å². The minimum absolute atomic E-state index is 0.162. The first kappa shape index (κ1) is 10.4. The topological polar surface area (TPSA) is 79.7 Å². The largest absolute Gasteiger partial charge is 0.383 e. The van der Waals surface area contributed by atoms with E-state index in [1.54, 1.807) is 4.68 Å². The Morgan fingerprint density at radius 1 is 1.64 bits per heavy atom. The van der Waals surface area contributed by atoms with Gasteiger partial charge in [0.2, 0.25) is 0 Å². The van der Waals surface area contributed by atoms with Crippen LogP contribution in [0.3, 0.4) is 0 Å². The summed E-state index contributed by atoms with van der Waals surface area (Å²) in [6, 6.07) is 2.21. The molecule has 0 saturated carbocycles. The van der Waals surface area contributed by atoms with Crippen molar-refractivity contribution in [3.63, 3.8) is 0 Å². The van der Waals surface area contributed by atoms with Crippen molar-refractivity contribution in [3.8, 4) is 6.07 Å². The molecule has 0 spiro atoms. The smallest absolute Gasteiger partial charge is 0.168 e. The summed E-state index contributed by atoms with van der Waals surface area (Å²) < 4.78 is 1.65. The van der Waals surface area contributed by atoms with Crippen LogP contribution < -0.4 is 11.1 Å². The highest BCUT2D eigenvalue weighted by Crippen LogP contribution is 2.23. The molecule has 1 rings (SSSR count). The van der Waals surface area contributed by atoms with Crippen molar-refractivity contribution in [1.29, 1.82) is 5.26 Å². The second kappa shape index (κ2) is 4.01. The van der Waals surface area contributed by atoms with Gasteiger partial charge in [-0.25, -0.2) is 4.68 Å². The Hall–Kier alpha value is -1.70. The molecule has 1 aromatic heterocycles. The van der Waals surface area contributed by atoms with Crippen LogP contribution in [-0.4, -0.2) is 16.3 Å². The summed E-state index contributed by atoms with van der Waals surface area (Å²) in [6.07, 6.45) is 0. The van der Waals surface area contributed by atoms with Gasteiger partial charge in [0, 0.05) is 12.6 Å². The summed E-state index contributed by atoms with van der Waals surface area (Å²) in [7, 11) is 0. The van der Waals surface area contributed by atoms with Crippen LogP contribution in [0, 0.1) is 11.3 Å². The third kappa shape index (κ3) is 1.64. The highest BCUT2D eigenvalue weighted by atomic mass is 15.4. The number of hydrogen-bond acceptors (Lipinski definition) is 4. The molecular weight excluding hydrogens is 178 g/mol. The molecule has 0 aliphatic carbocycles. The summed E-state index contributed by atoms with van der Waals surface area (Å²) in [4.78, 5) is 0. The van der Waals surface area contributed by atoms with Gasteiger partial charge in [0.15, 0.2) is 5.82 Å². The van der Waals surface area contributed by atoms with Gasteiger partial charge in [-0.15, -0.1) is 0 Å². The number of aromatic nitrogens is 2. The molecule has 0 atom stereocenters. The van der Waals surface area contributed by atoms with Gasteiger partial charge in [-0.2, -0.15) is 10.4 Å². The first-order chi connectivity index (χ1) is 6.61. The maximum absolute atomic E-state index is 8.90. The Labute approximate surface area is 83.5 Å². The van der Waals surface area contributed by atoms with E-state index in [-0.39, 0.29) is 6.04 Å². The van der Waals surface area contributed by atoms with E-state index in [0.717, 1.165) is 6.54 Å². The fourth-order valence-electron chi connectivity index (χ4n) is 1.24. The van der Waals surface area contributed by atoms with E-state index in [1.165, 1.54) is 0 Å². The quantitative estimate of drug-likeness (QED) is 0.759. The van der Waals surface area contributed by atoms with E-state index in [1.807, 2.05) is 20.8 Å². The molecule has 0 radical (unpaired) electrons. The predicted molar refractivity (Wildman–Crippen MR) is 55.9 cm³/mol. The van der Waals surface area contributed by atoms with Crippen molar-refractivity contribution in [2.75, 3.05) is 17.6 Å². The molecule has 0 aliphatic rings. The van der Waals surface area contributed by atoms with Crippen LogP contribution in [0.25, 0.3) is 0 Å². The number of nitrogen functional groups attached to an aromatic ring is 1. The molecule has 0 saturated heterocycles. The zero-order valence-electron chi connectivity index (χ0n) is 8.70. The highest BCUT2D eigenvalue weighted by molar-refractivity contribution is 5.63. The molecule has 1 aromatic rings. The van der Waals surface area contributed by atoms with Crippen LogP contribution in [0.15, 0.2) is 0 Å². The molecule has 0 aromatic carbocycles. The first-order valence-electron chi connectivity index (χ1n) is 4.63. The second-order valence-corrected chi connectivity index (χ2v) is 3.29. The van der Waals surface area contributed by atoms with Gasteiger partial charge in [0.05, 0.1) is 0 Å². The summed E-state index contributed by atoms with van der Waals surface area (Å²) >= 11 is 0. The summed E-state index contributed by atoms with van der Waals surface area (Å²) in [5.74, 6) is 1.000. The standard InChI is InChI=1S/C9H15N5/c1-4-12-9-7(5-10)8(11)14(13-9)6(2)3/h6H,4,11H2,1-3H3,(H,12,13). The van der Waals surface area contributed by atoms with Gasteiger partial charge in [-0.05, 0) is 20.8 Å². The fraction of sp³-hybridized carbons (Fsp3) is 0.556. The van der Waals surface area contributed by atoms with E-state index in [2.05, 4.69) is 16.5 Å². The number of nitriles is 1. The lowest BCUT2D eigenvalue weighted by Gasteiger charge is -2.06. The molecular formula is C9H15N5. The summed E-state index contributed by atoms with van der Waals surface area (Å²) in [5.41, 5.74) is 6.21. The Morgan fingerprint density at radius 2 is 2.29 bits per heavy atom. The maximum Gasteiger partial charge on any atom is 0.168 e. The Kier molecular flexibility index (Phi) is 2.97. The molecule has 0 bridgehead atoms. The number of nitrogens with zero attached hydrogens (tertiary/aromatic N) is 3. The maximum atomic E-state index is 8.90. The number of hydrogen-bond donors (Lipinski definition) is 2. The fourth-order valence-corrected chi connectivity index (χ4v) is 1.24. The second-order valence-electron chi connectivity index (χ2n) is 3.29. The van der Waals surface area contributed by atoms with Crippen LogP contribution >= 0.6 is 0 Å². The Bertz CT molecular complexity index is 358. The monoisotopic (exact) mass is 193 g/mol. The molecule has 3 N–H and O–H groups in total. The van der Waals surface area contributed by atoms with Crippen molar-refractivity contribution in [3.05, 3.63) is 5.56 Å². The zero-order valence-corrected chi connectivity index (χ0v) is 8.70. The third-order valence-corrected chi connectivity index (χ3v) is 1.89. The van der Waals surface area contributed by atoms with E-state index in [9.17, 15) is 0 Å². The predicted octanol–water partition coefficient (Wildman–Crippen LogP) is 1.35. The minimum atomic E-state index is 0.162. The average molecular weight is 193 g/mol. The van der Waals surface area contributed by atoms with Gasteiger partial charge >= 0.3 is 0 Å². The first-order valence-corrected chi connectivity index (χ1v) is 4.63. The lowest BCUT2D eigenvalue weighted by Crippen LogP contribution is -2.07. The van der Waals surface area contributed by atoms with Crippen LogP contribution in [0.4, 0.5) is 11.6 Å². The zero-order chi connectivity index (χ0) is 10.7. The van der Waals surface area contributed by atoms with Crippen molar-refractivity contribution in [2.24, 2.45) is 0 Å². The Morgan fingerprint density at radius 3 is 2.71 bits per heavy atom. The number of anilines is 2. The van der Waals surface area contributed by atoms with Crippen molar-refractivity contribution in [2.45, 2.75) is 26.8 Å². The lowest BCUT2D eigenvalue weighted by atomic mass is 10.3. The normalized spacial score (nSPS) is 10.2. The highest BCUT2D eigenvalue weighted by Gasteiger charge is 2.15. The molecule has 5 nitrogen and oxygen atoms in total. The molecule has 14 heavy (non-hydrogen) atoms. The number of nitrogens with two attached hydrogens (primary N) is 1. The van der Waals surface area contributed by atoms with E-state index < -0.39 is 0 Å². The van der Waals surface area contributed by atoms with E-state index >= 15 is 0 Å². The van der Waals surface area contributed by atoms with Crippen molar-refractivity contribution in [1.82, 2.24) is 9.78 Å². The van der Waals surface area contributed by atoms with Crippen molar-refractivity contribution >= 4 is 11.6 Å². The third-order valence-electron chi connectivity index (χ3n) is 1.89. The molecule has 0 aliphatic heterocycles.